The molecule has 0 aromatic heterocycles. The summed E-state index contributed by atoms with van der Waals surface area (Å²) in [7, 11) is -2.84. The van der Waals surface area contributed by atoms with Crippen LogP contribution in [0.1, 0.15) is 21.5 Å². The molecule has 0 radical (unpaired) electrons. The number of anilines is 1. The lowest BCUT2D eigenvalue weighted by Crippen LogP contribution is -2.37. The van der Waals surface area contributed by atoms with Gasteiger partial charge in [0.2, 0.25) is 15.9 Å². The standard InChI is InChI=1S/C24H22Cl2N2O5S/c1-16-7-11-19(12-8-16)34(31,32)28(14-17-9-10-18(25)13-21(17)26)15-23(29)27-22-6-4-3-5-20(22)24(30)33-2/h3-13H,14-15H2,1-2H3,(H,27,29). The highest BCUT2D eigenvalue weighted by Crippen LogP contribution is 2.26. The van der Waals surface area contributed by atoms with Crippen molar-refractivity contribution >= 4 is 50.8 Å². The van der Waals surface area contributed by atoms with E-state index < -0.39 is 28.4 Å². The first-order valence-electron chi connectivity index (χ1n) is 10.1. The van der Waals surface area contributed by atoms with Crippen molar-refractivity contribution in [3.05, 3.63) is 93.5 Å². The topological polar surface area (TPSA) is 92.8 Å². The van der Waals surface area contributed by atoms with Crippen LogP contribution in [0.4, 0.5) is 5.69 Å². The second-order valence-corrected chi connectivity index (χ2v) is 10.2. The van der Waals surface area contributed by atoms with Crippen LogP contribution in [-0.2, 0) is 26.1 Å². The van der Waals surface area contributed by atoms with Crippen LogP contribution in [0.2, 0.25) is 10.0 Å². The van der Waals surface area contributed by atoms with E-state index in [0.29, 0.717) is 10.6 Å². The number of nitrogens with zero attached hydrogens (tertiary/aromatic N) is 1. The fourth-order valence-corrected chi connectivity index (χ4v) is 5.00. The molecule has 1 amide bonds. The highest BCUT2D eigenvalue weighted by molar-refractivity contribution is 7.89. The fourth-order valence-electron chi connectivity index (χ4n) is 3.16. The van der Waals surface area contributed by atoms with Crippen molar-refractivity contribution in [2.24, 2.45) is 0 Å². The number of hydrogen-bond acceptors (Lipinski definition) is 5. The number of para-hydroxylation sites is 1. The molecule has 178 valence electrons. The van der Waals surface area contributed by atoms with Crippen molar-refractivity contribution in [1.29, 1.82) is 0 Å². The Balaban J connectivity index is 1.93. The molecule has 0 unspecified atom stereocenters. The minimum atomic E-state index is -4.07. The Morgan fingerprint density at radius 2 is 1.68 bits per heavy atom. The second kappa shape index (κ2) is 11.0. The van der Waals surface area contributed by atoms with Crippen LogP contribution in [0.5, 0.6) is 0 Å². The van der Waals surface area contributed by atoms with E-state index in [-0.39, 0.29) is 27.7 Å². The highest BCUT2D eigenvalue weighted by Gasteiger charge is 2.28. The van der Waals surface area contributed by atoms with Gasteiger partial charge in [-0.15, -0.1) is 0 Å². The number of amides is 1. The number of ether oxygens (including phenoxy) is 1. The molecule has 0 saturated carbocycles. The average Bonchev–Trinajstić information content (AvgIpc) is 2.80. The predicted octanol–water partition coefficient (Wildman–Crippen LogP) is 4.92. The summed E-state index contributed by atoms with van der Waals surface area (Å²) in [6, 6.07) is 17.3. The zero-order chi connectivity index (χ0) is 24.9. The molecule has 0 fully saturated rings. The van der Waals surface area contributed by atoms with Gasteiger partial charge >= 0.3 is 5.97 Å². The van der Waals surface area contributed by atoms with Gasteiger partial charge in [0, 0.05) is 16.6 Å². The van der Waals surface area contributed by atoms with Crippen LogP contribution in [-0.4, -0.2) is 38.3 Å². The van der Waals surface area contributed by atoms with Crippen molar-refractivity contribution in [3.63, 3.8) is 0 Å². The molecule has 34 heavy (non-hydrogen) atoms. The molecule has 0 aliphatic heterocycles. The smallest absolute Gasteiger partial charge is 0.339 e. The first kappa shape index (κ1) is 25.7. The maximum atomic E-state index is 13.4. The maximum absolute atomic E-state index is 13.4. The minimum Gasteiger partial charge on any atom is -0.465 e. The van der Waals surface area contributed by atoms with Gasteiger partial charge in [-0.2, -0.15) is 4.31 Å². The van der Waals surface area contributed by atoms with E-state index in [2.05, 4.69) is 5.32 Å². The molecule has 7 nitrogen and oxygen atoms in total. The minimum absolute atomic E-state index is 0.0333. The van der Waals surface area contributed by atoms with Crippen LogP contribution < -0.4 is 5.32 Å². The molecule has 1 N–H and O–H groups in total. The molecule has 0 aliphatic carbocycles. The maximum Gasteiger partial charge on any atom is 0.339 e. The summed E-state index contributed by atoms with van der Waals surface area (Å²) in [6.45, 7) is 1.15. The number of halogens is 2. The molecule has 3 aromatic carbocycles. The van der Waals surface area contributed by atoms with Gasteiger partial charge in [0.15, 0.2) is 0 Å². The lowest BCUT2D eigenvalue weighted by atomic mass is 10.2. The Labute approximate surface area is 208 Å². The average molecular weight is 521 g/mol. The summed E-state index contributed by atoms with van der Waals surface area (Å²) in [5, 5.41) is 3.27. The van der Waals surface area contributed by atoms with Crippen LogP contribution in [0.15, 0.2) is 71.6 Å². The number of carbonyl (C=O) groups is 2. The Kier molecular flexibility index (Phi) is 8.33. The molecule has 0 atom stereocenters. The Bertz CT molecular complexity index is 1310. The van der Waals surface area contributed by atoms with Gasteiger partial charge in [-0.1, -0.05) is 59.1 Å². The van der Waals surface area contributed by atoms with Crippen molar-refractivity contribution < 1.29 is 22.7 Å². The molecule has 0 bridgehead atoms. The van der Waals surface area contributed by atoms with Crippen LogP contribution >= 0.6 is 23.2 Å². The predicted molar refractivity (Wildman–Crippen MR) is 132 cm³/mol. The number of rotatable bonds is 8. The lowest BCUT2D eigenvalue weighted by molar-refractivity contribution is -0.116. The van der Waals surface area contributed by atoms with Crippen LogP contribution in [0.3, 0.4) is 0 Å². The third-order valence-corrected chi connectivity index (χ3v) is 7.34. The summed E-state index contributed by atoms with van der Waals surface area (Å²) in [4.78, 5) is 25.0. The van der Waals surface area contributed by atoms with E-state index in [9.17, 15) is 18.0 Å². The van der Waals surface area contributed by atoms with Crippen molar-refractivity contribution in [2.75, 3.05) is 19.0 Å². The largest absolute Gasteiger partial charge is 0.465 e. The summed E-state index contributed by atoms with van der Waals surface area (Å²) in [6.07, 6.45) is 0. The number of aryl methyl sites for hydroxylation is 1. The molecule has 10 heteroatoms. The lowest BCUT2D eigenvalue weighted by Gasteiger charge is -2.23. The van der Waals surface area contributed by atoms with Gasteiger partial charge in [0.05, 0.1) is 29.8 Å². The number of nitrogens with one attached hydrogen (secondary N) is 1. The molecule has 3 rings (SSSR count). The van der Waals surface area contributed by atoms with E-state index in [1.54, 1.807) is 36.4 Å². The Hall–Kier alpha value is -2.91. The number of methoxy groups -OCH3 is 1. The van der Waals surface area contributed by atoms with Gasteiger partial charge in [-0.25, -0.2) is 13.2 Å². The number of carbonyl (C=O) groups excluding carboxylic acids is 2. The first-order chi connectivity index (χ1) is 16.1. The number of hydrogen-bond donors (Lipinski definition) is 1. The van der Waals surface area contributed by atoms with Crippen LogP contribution in [0.25, 0.3) is 0 Å². The number of sulfonamides is 1. The third-order valence-electron chi connectivity index (χ3n) is 4.95. The summed E-state index contributed by atoms with van der Waals surface area (Å²) < 4.78 is 32.6. The molecule has 0 aliphatic rings. The van der Waals surface area contributed by atoms with Gasteiger partial charge in [0.1, 0.15) is 0 Å². The molecular formula is C24H22Cl2N2O5S. The summed E-state index contributed by atoms with van der Waals surface area (Å²) in [5.41, 5.74) is 1.72. The highest BCUT2D eigenvalue weighted by atomic mass is 35.5. The summed E-state index contributed by atoms with van der Waals surface area (Å²) >= 11 is 12.2. The molecular weight excluding hydrogens is 499 g/mol. The van der Waals surface area contributed by atoms with E-state index in [1.165, 1.54) is 37.4 Å². The van der Waals surface area contributed by atoms with Crippen LogP contribution in [0, 0.1) is 6.92 Å². The van der Waals surface area contributed by atoms with Crippen molar-refractivity contribution in [2.45, 2.75) is 18.4 Å². The summed E-state index contributed by atoms with van der Waals surface area (Å²) in [5.74, 6) is -1.27. The van der Waals surface area contributed by atoms with E-state index >= 15 is 0 Å². The van der Waals surface area contributed by atoms with Crippen molar-refractivity contribution in [1.82, 2.24) is 4.31 Å². The van der Waals surface area contributed by atoms with E-state index in [4.69, 9.17) is 27.9 Å². The first-order valence-corrected chi connectivity index (χ1v) is 12.3. The number of esters is 1. The van der Waals surface area contributed by atoms with E-state index in [1.807, 2.05) is 6.92 Å². The molecule has 0 spiro atoms. The fraction of sp³-hybridized carbons (Fsp3) is 0.167. The number of benzene rings is 3. The Morgan fingerprint density at radius 3 is 2.32 bits per heavy atom. The van der Waals surface area contributed by atoms with Gasteiger partial charge in [-0.3, -0.25) is 4.79 Å². The third kappa shape index (κ3) is 6.15. The SMILES string of the molecule is COC(=O)c1ccccc1NC(=O)CN(Cc1ccc(Cl)cc1Cl)S(=O)(=O)c1ccc(C)cc1. The molecule has 3 aromatic rings. The zero-order valence-corrected chi connectivity index (χ0v) is 20.7. The second-order valence-electron chi connectivity index (χ2n) is 7.41. The van der Waals surface area contributed by atoms with Gasteiger partial charge < -0.3 is 10.1 Å². The Morgan fingerprint density at radius 1 is 1.00 bits per heavy atom. The van der Waals surface area contributed by atoms with E-state index in [0.717, 1.165) is 9.87 Å². The molecule has 0 heterocycles. The zero-order valence-electron chi connectivity index (χ0n) is 18.4. The normalized spacial score (nSPS) is 11.3. The van der Waals surface area contributed by atoms with Crippen molar-refractivity contribution in [3.8, 4) is 0 Å². The monoisotopic (exact) mass is 520 g/mol. The van der Waals surface area contributed by atoms with Gasteiger partial charge in [-0.05, 0) is 48.9 Å². The van der Waals surface area contributed by atoms with Gasteiger partial charge in [0.25, 0.3) is 0 Å². The molecule has 0 saturated heterocycles. The quantitative estimate of drug-likeness (QED) is 0.425.